The van der Waals surface area contributed by atoms with Crippen LogP contribution in [0.25, 0.3) is 0 Å². The molecule has 1 aromatic carbocycles. The van der Waals surface area contributed by atoms with Crippen LogP contribution in [-0.2, 0) is 6.54 Å². The van der Waals surface area contributed by atoms with E-state index in [4.69, 9.17) is 10.5 Å². The number of hydrogen-bond acceptors (Lipinski definition) is 3. The molecule has 0 saturated carbocycles. The molecule has 0 aliphatic heterocycles. The van der Waals surface area contributed by atoms with Crippen molar-refractivity contribution in [1.29, 1.82) is 0 Å². The Hall–Kier alpha value is -1.02. The number of benzene rings is 1. The van der Waals surface area contributed by atoms with Gasteiger partial charge >= 0.3 is 0 Å². The summed E-state index contributed by atoms with van der Waals surface area (Å²) in [7, 11) is 5.70. The minimum absolute atomic E-state index is 0. The van der Waals surface area contributed by atoms with Crippen LogP contribution in [0.15, 0.2) is 29.3 Å². The monoisotopic (exact) mass is 378 g/mol. The molecule has 0 radical (unpaired) electrons. The van der Waals surface area contributed by atoms with E-state index in [0.717, 1.165) is 17.9 Å². The molecule has 0 aliphatic carbocycles. The molecule has 0 heterocycles. The molecule has 0 fully saturated rings. The smallest absolute Gasteiger partial charge is 0.188 e. The van der Waals surface area contributed by atoms with Crippen molar-refractivity contribution in [2.24, 2.45) is 10.7 Å². The van der Waals surface area contributed by atoms with Crippen molar-refractivity contribution in [3.05, 3.63) is 29.8 Å². The van der Waals surface area contributed by atoms with Gasteiger partial charge in [0.1, 0.15) is 12.4 Å². The average molecular weight is 378 g/mol. The van der Waals surface area contributed by atoms with Gasteiger partial charge in [-0.25, -0.2) is 0 Å². The zero-order valence-corrected chi connectivity index (χ0v) is 14.0. The largest absolute Gasteiger partial charge is 0.492 e. The standard InChI is InChI=1S/C13H22N4O.HI/c1-15-13(14)16-10-11-5-4-6-12(9-11)18-8-7-17(2)3;/h4-6,9H,7-8,10H2,1-3H3,(H3,14,15,16);1H. The molecule has 0 unspecified atom stereocenters. The number of likely N-dealkylation sites (N-methyl/N-ethyl adjacent to an activating group) is 1. The Kier molecular flexibility index (Phi) is 9.32. The summed E-state index contributed by atoms with van der Waals surface area (Å²) in [5.41, 5.74) is 6.69. The minimum atomic E-state index is 0. The summed E-state index contributed by atoms with van der Waals surface area (Å²) in [6.07, 6.45) is 0. The highest BCUT2D eigenvalue weighted by Gasteiger charge is 1.98. The Morgan fingerprint density at radius 2 is 2.16 bits per heavy atom. The second kappa shape index (κ2) is 9.85. The maximum Gasteiger partial charge on any atom is 0.188 e. The molecule has 1 aromatic rings. The van der Waals surface area contributed by atoms with Gasteiger partial charge in [0, 0.05) is 20.1 Å². The zero-order valence-electron chi connectivity index (χ0n) is 11.7. The van der Waals surface area contributed by atoms with Crippen LogP contribution >= 0.6 is 24.0 Å². The lowest BCUT2D eigenvalue weighted by molar-refractivity contribution is 0.261. The maximum atomic E-state index is 5.66. The molecule has 0 saturated heterocycles. The second-order valence-corrected chi connectivity index (χ2v) is 4.26. The summed E-state index contributed by atoms with van der Waals surface area (Å²) in [4.78, 5) is 5.93. The number of nitrogens with one attached hydrogen (secondary N) is 1. The summed E-state index contributed by atoms with van der Waals surface area (Å²) in [5.74, 6) is 1.32. The first kappa shape index (κ1) is 18.0. The number of nitrogens with zero attached hydrogens (tertiary/aromatic N) is 2. The highest BCUT2D eigenvalue weighted by molar-refractivity contribution is 14.0. The topological polar surface area (TPSA) is 62.9 Å². The predicted octanol–water partition coefficient (Wildman–Crippen LogP) is 1.28. The number of hydrogen-bond donors (Lipinski definition) is 2. The fourth-order valence-corrected chi connectivity index (χ4v) is 1.36. The third-order valence-corrected chi connectivity index (χ3v) is 2.42. The Morgan fingerprint density at radius 1 is 1.42 bits per heavy atom. The van der Waals surface area contributed by atoms with Crippen molar-refractivity contribution in [1.82, 2.24) is 10.2 Å². The van der Waals surface area contributed by atoms with Gasteiger partial charge in [-0.2, -0.15) is 0 Å². The number of rotatable bonds is 6. The first-order valence-corrected chi connectivity index (χ1v) is 5.94. The molecule has 0 bridgehead atoms. The van der Waals surface area contributed by atoms with E-state index in [2.05, 4.69) is 15.2 Å². The van der Waals surface area contributed by atoms with Gasteiger partial charge in [0.05, 0.1) is 0 Å². The first-order valence-electron chi connectivity index (χ1n) is 5.94. The molecular formula is C13H23IN4O. The van der Waals surface area contributed by atoms with Crippen LogP contribution in [0.4, 0.5) is 0 Å². The van der Waals surface area contributed by atoms with Gasteiger partial charge in [0.2, 0.25) is 0 Å². The predicted molar refractivity (Wildman–Crippen MR) is 90.3 cm³/mol. The van der Waals surface area contributed by atoms with E-state index in [1.807, 2.05) is 38.4 Å². The Morgan fingerprint density at radius 3 is 2.79 bits per heavy atom. The molecule has 5 nitrogen and oxygen atoms in total. The molecule has 0 spiro atoms. The van der Waals surface area contributed by atoms with Crippen molar-refractivity contribution in [2.75, 3.05) is 34.3 Å². The summed E-state index contributed by atoms with van der Waals surface area (Å²) >= 11 is 0. The molecule has 3 N–H and O–H groups in total. The van der Waals surface area contributed by atoms with Gasteiger partial charge in [-0.3, -0.25) is 4.99 Å². The number of guanidine groups is 1. The number of aliphatic imine (C=N–C) groups is 1. The Labute approximate surface area is 132 Å². The van der Waals surface area contributed by atoms with Crippen LogP contribution in [-0.4, -0.2) is 45.2 Å². The number of ether oxygens (including phenoxy) is 1. The third kappa shape index (κ3) is 7.89. The molecule has 0 aromatic heterocycles. The summed E-state index contributed by atoms with van der Waals surface area (Å²) in [6, 6.07) is 7.96. The maximum absolute atomic E-state index is 5.66. The number of halogens is 1. The van der Waals surface area contributed by atoms with Crippen LogP contribution in [0.5, 0.6) is 5.75 Å². The molecular weight excluding hydrogens is 355 g/mol. The zero-order chi connectivity index (χ0) is 13.4. The molecule has 0 aliphatic rings. The SMILES string of the molecule is CN=C(N)NCc1cccc(OCCN(C)C)c1.I. The van der Waals surface area contributed by atoms with E-state index in [9.17, 15) is 0 Å². The van der Waals surface area contributed by atoms with Gasteiger partial charge in [0.15, 0.2) is 5.96 Å². The second-order valence-electron chi connectivity index (χ2n) is 4.26. The van der Waals surface area contributed by atoms with Gasteiger partial charge in [-0.05, 0) is 31.8 Å². The third-order valence-electron chi connectivity index (χ3n) is 2.42. The van der Waals surface area contributed by atoms with Crippen molar-refractivity contribution in [3.63, 3.8) is 0 Å². The lowest BCUT2D eigenvalue weighted by atomic mass is 10.2. The van der Waals surface area contributed by atoms with E-state index in [0.29, 0.717) is 19.1 Å². The van der Waals surface area contributed by atoms with E-state index in [-0.39, 0.29) is 24.0 Å². The van der Waals surface area contributed by atoms with Gasteiger partial charge < -0.3 is 20.7 Å². The summed E-state index contributed by atoms with van der Waals surface area (Å²) < 4.78 is 5.66. The van der Waals surface area contributed by atoms with Crippen LogP contribution in [0.3, 0.4) is 0 Å². The van der Waals surface area contributed by atoms with Crippen LogP contribution in [0, 0.1) is 0 Å². The van der Waals surface area contributed by atoms with E-state index >= 15 is 0 Å². The molecule has 19 heavy (non-hydrogen) atoms. The van der Waals surface area contributed by atoms with Crippen molar-refractivity contribution in [3.8, 4) is 5.75 Å². The van der Waals surface area contributed by atoms with Gasteiger partial charge in [-0.15, -0.1) is 24.0 Å². The average Bonchev–Trinajstić information content (AvgIpc) is 2.36. The highest BCUT2D eigenvalue weighted by Crippen LogP contribution is 2.13. The highest BCUT2D eigenvalue weighted by atomic mass is 127. The van der Waals surface area contributed by atoms with Crippen molar-refractivity contribution >= 4 is 29.9 Å². The first-order chi connectivity index (χ1) is 8.61. The van der Waals surface area contributed by atoms with E-state index in [1.54, 1.807) is 7.05 Å². The van der Waals surface area contributed by atoms with Crippen molar-refractivity contribution in [2.45, 2.75) is 6.54 Å². The summed E-state index contributed by atoms with van der Waals surface area (Å²) in [5, 5.41) is 3.01. The molecule has 1 rings (SSSR count). The van der Waals surface area contributed by atoms with E-state index < -0.39 is 0 Å². The molecule has 108 valence electrons. The summed E-state index contributed by atoms with van der Waals surface area (Å²) in [6.45, 7) is 2.23. The fourth-order valence-electron chi connectivity index (χ4n) is 1.36. The molecule has 0 atom stereocenters. The lowest BCUT2D eigenvalue weighted by Gasteiger charge is -2.12. The lowest BCUT2D eigenvalue weighted by Crippen LogP contribution is -2.30. The molecule has 0 amide bonds. The van der Waals surface area contributed by atoms with Crippen LogP contribution in [0.2, 0.25) is 0 Å². The Balaban J connectivity index is 0.00000324. The quantitative estimate of drug-likeness (QED) is 0.445. The normalized spacial score (nSPS) is 11.1. The van der Waals surface area contributed by atoms with Crippen molar-refractivity contribution < 1.29 is 4.74 Å². The van der Waals surface area contributed by atoms with Crippen LogP contribution < -0.4 is 15.8 Å². The Bertz CT molecular complexity index is 396. The van der Waals surface area contributed by atoms with Gasteiger partial charge in [0.25, 0.3) is 0 Å². The number of nitrogens with two attached hydrogens (primary N) is 1. The van der Waals surface area contributed by atoms with Crippen LogP contribution in [0.1, 0.15) is 5.56 Å². The molecule has 6 heteroatoms. The van der Waals surface area contributed by atoms with E-state index in [1.165, 1.54) is 0 Å². The van der Waals surface area contributed by atoms with Gasteiger partial charge in [-0.1, -0.05) is 12.1 Å². The fraction of sp³-hybridized carbons (Fsp3) is 0.462. The minimum Gasteiger partial charge on any atom is -0.492 e.